The monoisotopic (exact) mass is 428 g/mol. The fourth-order valence-corrected chi connectivity index (χ4v) is 4.17. The maximum absolute atomic E-state index is 13.1. The number of carbonyl (C=O) groups excluding carboxylic acids is 1. The molecule has 1 N–H and O–H groups in total. The molecule has 0 saturated heterocycles. The number of amides is 1. The van der Waals surface area contributed by atoms with Crippen LogP contribution in [-0.2, 0) is 10.0 Å². The van der Waals surface area contributed by atoms with Gasteiger partial charge in [-0.25, -0.2) is 12.8 Å². The van der Waals surface area contributed by atoms with E-state index in [0.717, 1.165) is 4.31 Å². The summed E-state index contributed by atoms with van der Waals surface area (Å²) in [6, 6.07) is 15.7. The molecule has 154 valence electrons. The molecule has 0 radical (unpaired) electrons. The first kappa shape index (κ1) is 19.7. The molecule has 0 aromatic heterocycles. The van der Waals surface area contributed by atoms with Gasteiger partial charge in [-0.1, -0.05) is 6.07 Å². The smallest absolute Gasteiger partial charge is 0.264 e. The van der Waals surface area contributed by atoms with Gasteiger partial charge in [-0.05, 0) is 54.6 Å². The van der Waals surface area contributed by atoms with E-state index in [4.69, 9.17) is 9.47 Å². The van der Waals surface area contributed by atoms with Crippen LogP contribution in [0.1, 0.15) is 10.4 Å². The number of sulfonamides is 1. The SMILES string of the molecule is CN(c1ccc(F)cc1)S(=O)(=O)c1cccc(C(=O)Nc2ccc3c(c2)OCO3)c1. The molecule has 3 aromatic rings. The lowest BCUT2D eigenvalue weighted by Gasteiger charge is -2.19. The number of nitrogens with one attached hydrogen (secondary N) is 1. The number of hydrogen-bond acceptors (Lipinski definition) is 5. The summed E-state index contributed by atoms with van der Waals surface area (Å²) >= 11 is 0. The third-order valence-corrected chi connectivity index (χ3v) is 6.36. The quantitative estimate of drug-likeness (QED) is 0.671. The second-order valence-corrected chi connectivity index (χ2v) is 8.47. The Kier molecular flexibility index (Phi) is 5.04. The Labute approximate surface area is 172 Å². The van der Waals surface area contributed by atoms with E-state index in [1.54, 1.807) is 18.2 Å². The summed E-state index contributed by atoms with van der Waals surface area (Å²) in [6.45, 7) is 0.119. The van der Waals surface area contributed by atoms with Crippen LogP contribution in [-0.4, -0.2) is 28.2 Å². The first-order chi connectivity index (χ1) is 14.3. The molecule has 0 unspecified atom stereocenters. The van der Waals surface area contributed by atoms with Crippen molar-refractivity contribution in [1.82, 2.24) is 0 Å². The van der Waals surface area contributed by atoms with Crippen molar-refractivity contribution in [3.05, 3.63) is 78.1 Å². The first-order valence-corrected chi connectivity index (χ1v) is 10.3. The van der Waals surface area contributed by atoms with Gasteiger partial charge >= 0.3 is 0 Å². The van der Waals surface area contributed by atoms with Gasteiger partial charge in [0.15, 0.2) is 11.5 Å². The zero-order chi connectivity index (χ0) is 21.3. The standard InChI is InChI=1S/C21H17FN2O5S/c1-24(17-8-5-15(22)6-9-17)30(26,27)18-4-2-3-14(11-18)21(25)23-16-7-10-19-20(12-16)29-13-28-19/h2-12H,13H2,1H3,(H,23,25). The molecule has 0 aliphatic carbocycles. The van der Waals surface area contributed by atoms with Crippen molar-refractivity contribution in [2.45, 2.75) is 4.90 Å². The van der Waals surface area contributed by atoms with Gasteiger partial charge in [0.25, 0.3) is 15.9 Å². The van der Waals surface area contributed by atoms with Gasteiger partial charge in [-0.3, -0.25) is 9.10 Å². The van der Waals surface area contributed by atoms with Crippen molar-refractivity contribution >= 4 is 27.3 Å². The highest BCUT2D eigenvalue weighted by Crippen LogP contribution is 2.34. The van der Waals surface area contributed by atoms with Crippen molar-refractivity contribution in [2.75, 3.05) is 23.5 Å². The van der Waals surface area contributed by atoms with Gasteiger partial charge < -0.3 is 14.8 Å². The van der Waals surface area contributed by atoms with Crippen LogP contribution in [0.3, 0.4) is 0 Å². The molecule has 9 heteroatoms. The zero-order valence-corrected chi connectivity index (χ0v) is 16.6. The molecule has 3 aromatic carbocycles. The second-order valence-electron chi connectivity index (χ2n) is 6.50. The largest absolute Gasteiger partial charge is 0.454 e. The van der Waals surface area contributed by atoms with Crippen LogP contribution in [0.15, 0.2) is 71.6 Å². The minimum Gasteiger partial charge on any atom is -0.454 e. The summed E-state index contributed by atoms with van der Waals surface area (Å²) in [5, 5.41) is 2.71. The number of halogens is 1. The molecule has 0 spiro atoms. The van der Waals surface area contributed by atoms with Gasteiger partial charge in [-0.15, -0.1) is 0 Å². The van der Waals surface area contributed by atoms with E-state index in [9.17, 15) is 17.6 Å². The van der Waals surface area contributed by atoms with Crippen LogP contribution >= 0.6 is 0 Å². The van der Waals surface area contributed by atoms with Crippen molar-refractivity contribution in [3.8, 4) is 11.5 Å². The summed E-state index contributed by atoms with van der Waals surface area (Å²) < 4.78 is 50.6. The minimum absolute atomic E-state index is 0.0624. The average Bonchev–Trinajstić information content (AvgIpc) is 3.22. The Morgan fingerprint density at radius 1 is 1.00 bits per heavy atom. The van der Waals surface area contributed by atoms with Crippen LogP contribution in [0.2, 0.25) is 0 Å². The molecule has 0 saturated carbocycles. The fourth-order valence-electron chi connectivity index (χ4n) is 2.92. The predicted octanol–water partition coefficient (Wildman–Crippen LogP) is 3.63. The minimum atomic E-state index is -3.95. The molecule has 1 aliphatic heterocycles. The van der Waals surface area contributed by atoms with E-state index in [-0.39, 0.29) is 17.3 Å². The van der Waals surface area contributed by atoms with Crippen LogP contribution in [0.4, 0.5) is 15.8 Å². The molecule has 1 heterocycles. The van der Waals surface area contributed by atoms with Gasteiger partial charge in [-0.2, -0.15) is 0 Å². The van der Waals surface area contributed by atoms with Crippen molar-refractivity contribution in [1.29, 1.82) is 0 Å². The Morgan fingerprint density at radius 3 is 2.50 bits per heavy atom. The molecule has 1 aliphatic rings. The lowest BCUT2D eigenvalue weighted by molar-refractivity contribution is 0.102. The van der Waals surface area contributed by atoms with Gasteiger partial charge in [0, 0.05) is 24.4 Å². The molecular formula is C21H17FN2O5S. The molecule has 4 rings (SSSR count). The third-order valence-electron chi connectivity index (χ3n) is 4.58. The molecule has 0 atom stereocenters. The van der Waals surface area contributed by atoms with E-state index < -0.39 is 21.7 Å². The molecule has 1 amide bonds. The molecule has 7 nitrogen and oxygen atoms in total. The van der Waals surface area contributed by atoms with Gasteiger partial charge in [0.05, 0.1) is 10.6 Å². The van der Waals surface area contributed by atoms with E-state index in [1.807, 2.05) is 0 Å². The molecule has 0 bridgehead atoms. The zero-order valence-electron chi connectivity index (χ0n) is 15.8. The summed E-state index contributed by atoms with van der Waals surface area (Å²) in [4.78, 5) is 12.6. The summed E-state index contributed by atoms with van der Waals surface area (Å²) in [7, 11) is -2.58. The number of nitrogens with zero attached hydrogens (tertiary/aromatic N) is 1. The highest BCUT2D eigenvalue weighted by atomic mass is 32.2. The van der Waals surface area contributed by atoms with Gasteiger partial charge in [0.2, 0.25) is 6.79 Å². The number of fused-ring (bicyclic) bond motifs is 1. The van der Waals surface area contributed by atoms with E-state index in [1.165, 1.54) is 55.6 Å². The highest BCUT2D eigenvalue weighted by Gasteiger charge is 2.23. The van der Waals surface area contributed by atoms with Crippen LogP contribution in [0, 0.1) is 5.82 Å². The normalized spacial score (nSPS) is 12.5. The number of rotatable bonds is 5. The van der Waals surface area contributed by atoms with Crippen molar-refractivity contribution < 1.29 is 27.1 Å². The maximum Gasteiger partial charge on any atom is 0.264 e. The predicted molar refractivity (Wildman–Crippen MR) is 109 cm³/mol. The lowest BCUT2D eigenvalue weighted by atomic mass is 10.2. The average molecular weight is 428 g/mol. The lowest BCUT2D eigenvalue weighted by Crippen LogP contribution is -2.26. The second kappa shape index (κ2) is 7.68. The van der Waals surface area contributed by atoms with E-state index >= 15 is 0 Å². The number of anilines is 2. The molecular weight excluding hydrogens is 411 g/mol. The topological polar surface area (TPSA) is 84.9 Å². The van der Waals surface area contributed by atoms with Crippen molar-refractivity contribution in [3.63, 3.8) is 0 Å². The Balaban J connectivity index is 1.57. The third kappa shape index (κ3) is 3.79. The fraction of sp³-hybridized carbons (Fsp3) is 0.0952. The van der Waals surface area contributed by atoms with Crippen LogP contribution in [0.25, 0.3) is 0 Å². The maximum atomic E-state index is 13.1. The van der Waals surface area contributed by atoms with Crippen LogP contribution < -0.4 is 19.1 Å². The Hall–Kier alpha value is -3.59. The summed E-state index contributed by atoms with van der Waals surface area (Å²) in [5.74, 6) is 0.164. The number of benzene rings is 3. The highest BCUT2D eigenvalue weighted by molar-refractivity contribution is 7.92. The number of ether oxygens (including phenoxy) is 2. The number of carbonyl (C=O) groups is 1. The molecule has 0 fully saturated rings. The first-order valence-electron chi connectivity index (χ1n) is 8.90. The van der Waals surface area contributed by atoms with E-state index in [0.29, 0.717) is 22.9 Å². The summed E-state index contributed by atoms with van der Waals surface area (Å²) in [5.41, 5.74) is 0.953. The van der Waals surface area contributed by atoms with E-state index in [2.05, 4.69) is 5.32 Å². The Bertz CT molecular complexity index is 1210. The summed E-state index contributed by atoms with van der Waals surface area (Å²) in [6.07, 6.45) is 0. The van der Waals surface area contributed by atoms with Crippen molar-refractivity contribution in [2.24, 2.45) is 0 Å². The number of hydrogen-bond donors (Lipinski definition) is 1. The van der Waals surface area contributed by atoms with Crippen LogP contribution in [0.5, 0.6) is 11.5 Å². The molecule has 30 heavy (non-hydrogen) atoms. The van der Waals surface area contributed by atoms with Gasteiger partial charge in [0.1, 0.15) is 5.82 Å². The Morgan fingerprint density at radius 2 is 1.73 bits per heavy atom.